The third-order valence-corrected chi connectivity index (χ3v) is 1.07. The van der Waals surface area contributed by atoms with Crippen molar-refractivity contribution in [1.29, 1.82) is 0 Å². The van der Waals surface area contributed by atoms with E-state index in [4.69, 9.17) is 5.73 Å². The Hall–Kier alpha value is -2.48. The number of nitrogen functional groups attached to an aromatic ring is 1. The zero-order chi connectivity index (χ0) is 11.7. The third-order valence-electron chi connectivity index (χ3n) is 1.07. The predicted molar refractivity (Wildman–Crippen MR) is 48.6 cm³/mol. The highest BCUT2D eigenvalue weighted by atomic mass is 16.4. The summed E-state index contributed by atoms with van der Waals surface area (Å²) in [6.45, 7) is 0. The Bertz CT molecular complexity index is 371. The highest BCUT2D eigenvalue weighted by Gasteiger charge is 1.72. The van der Waals surface area contributed by atoms with E-state index in [1.807, 2.05) is 30.3 Å². The van der Waals surface area contributed by atoms with E-state index < -0.39 is 11.9 Å². The summed E-state index contributed by atoms with van der Waals surface area (Å²) in [6.07, 6.45) is 0. The first-order valence-corrected chi connectivity index (χ1v) is 3.77. The first-order valence-electron chi connectivity index (χ1n) is 3.77. The maximum atomic E-state index is 9.33. The molecule has 78 valence electrons. The molecule has 0 amide bonds. The molecular weight excluding hydrogens is 198 g/mol. The lowest BCUT2D eigenvalue weighted by Gasteiger charge is -1.84. The second-order valence-corrected chi connectivity index (χ2v) is 2.24. The quantitative estimate of drug-likeness (QED) is 0.380. The summed E-state index contributed by atoms with van der Waals surface area (Å²) in [5.41, 5.74) is 6.18. The summed E-state index contributed by atoms with van der Waals surface area (Å²) in [6, 6.07) is 9.49. The average molecular weight is 205 g/mol. The van der Waals surface area contributed by atoms with Crippen molar-refractivity contribution in [3.63, 3.8) is 0 Å². The molecule has 0 saturated heterocycles. The number of anilines is 1. The van der Waals surface area contributed by atoms with E-state index in [9.17, 15) is 19.8 Å². The topological polar surface area (TPSA) is 106 Å². The number of carboxylic acid groups (broad SMARTS) is 2. The summed E-state index contributed by atoms with van der Waals surface area (Å²) in [5.74, 6) is -0.978. The largest absolute Gasteiger partial charge is 0.537 e. The Morgan fingerprint density at radius 2 is 1.40 bits per heavy atom. The van der Waals surface area contributed by atoms with E-state index in [2.05, 4.69) is 0 Å². The zero-order valence-electron chi connectivity index (χ0n) is 7.60. The summed E-state index contributed by atoms with van der Waals surface area (Å²) in [4.78, 5) is 18.7. The molecule has 0 fully saturated rings. The first-order chi connectivity index (χ1) is 7.02. The van der Waals surface area contributed by atoms with Gasteiger partial charge in [0.15, 0.2) is 0 Å². The SMILES string of the molecule is Nc1ccccc1.O=C([O-])C#CC(=O)[O-]. The minimum absolute atomic E-state index is 0.822. The number of hydrogen-bond acceptors (Lipinski definition) is 5. The Labute approximate surface area is 86.1 Å². The van der Waals surface area contributed by atoms with Crippen molar-refractivity contribution in [2.45, 2.75) is 0 Å². The standard InChI is InChI=1S/C6H7N.C4H2O4/c7-6-4-2-1-3-5-6;5-3(6)1-2-4(7)8/h1-5H,7H2;(H,5,6)(H,7,8)/p-2. The number of carboxylic acids is 2. The number of nitrogens with two attached hydrogens (primary N) is 1. The predicted octanol–water partition coefficient (Wildman–Crippen LogP) is -2.24. The van der Waals surface area contributed by atoms with Crippen molar-refractivity contribution in [2.24, 2.45) is 0 Å². The number of hydrogen-bond donors (Lipinski definition) is 1. The first kappa shape index (κ1) is 12.5. The normalized spacial score (nSPS) is 7.47. The number of para-hydroxylation sites is 1. The van der Waals surface area contributed by atoms with Gasteiger partial charge in [0, 0.05) is 5.69 Å². The number of carbonyl (C=O) groups excluding carboxylic acids is 2. The molecule has 1 aromatic carbocycles. The smallest absolute Gasteiger partial charge is 0.116 e. The second-order valence-electron chi connectivity index (χ2n) is 2.24. The molecule has 5 heteroatoms. The van der Waals surface area contributed by atoms with Crippen LogP contribution in [0.1, 0.15) is 0 Å². The van der Waals surface area contributed by atoms with Crippen LogP contribution in [0.2, 0.25) is 0 Å². The molecule has 0 atom stereocenters. The van der Waals surface area contributed by atoms with Gasteiger partial charge in [0.1, 0.15) is 11.9 Å². The number of rotatable bonds is 0. The van der Waals surface area contributed by atoms with Gasteiger partial charge in [-0.2, -0.15) is 0 Å². The van der Waals surface area contributed by atoms with Crippen molar-refractivity contribution < 1.29 is 19.8 Å². The molecule has 5 nitrogen and oxygen atoms in total. The van der Waals surface area contributed by atoms with Crippen LogP contribution in [-0.4, -0.2) is 11.9 Å². The van der Waals surface area contributed by atoms with Gasteiger partial charge in [-0.25, -0.2) is 0 Å². The van der Waals surface area contributed by atoms with Gasteiger partial charge in [0.2, 0.25) is 0 Å². The van der Waals surface area contributed by atoms with Crippen LogP contribution in [0.4, 0.5) is 5.69 Å². The minimum atomic E-state index is -1.73. The fraction of sp³-hybridized carbons (Fsp3) is 0. The van der Waals surface area contributed by atoms with Crippen LogP contribution >= 0.6 is 0 Å². The maximum absolute atomic E-state index is 9.33. The summed E-state index contributed by atoms with van der Waals surface area (Å²) < 4.78 is 0. The third kappa shape index (κ3) is 9.43. The molecule has 0 aliphatic carbocycles. The van der Waals surface area contributed by atoms with Crippen molar-refractivity contribution in [3.8, 4) is 11.8 Å². The van der Waals surface area contributed by atoms with Crippen LogP contribution in [0.25, 0.3) is 0 Å². The van der Waals surface area contributed by atoms with Crippen molar-refractivity contribution in [1.82, 2.24) is 0 Å². The second kappa shape index (κ2) is 6.97. The molecule has 0 heterocycles. The molecule has 0 unspecified atom stereocenters. The van der Waals surface area contributed by atoms with E-state index in [1.165, 1.54) is 11.8 Å². The van der Waals surface area contributed by atoms with Crippen LogP contribution in [0.3, 0.4) is 0 Å². The number of aliphatic carboxylic acids is 2. The molecule has 0 aromatic heterocycles. The zero-order valence-corrected chi connectivity index (χ0v) is 7.60. The number of carbonyl (C=O) groups is 2. The Balaban J connectivity index is 0.000000262. The van der Waals surface area contributed by atoms with Crippen LogP contribution in [0.5, 0.6) is 0 Å². The van der Waals surface area contributed by atoms with E-state index in [1.54, 1.807) is 0 Å². The maximum Gasteiger partial charge on any atom is 0.116 e. The van der Waals surface area contributed by atoms with Gasteiger partial charge in [0.25, 0.3) is 0 Å². The van der Waals surface area contributed by atoms with Gasteiger partial charge in [-0.3, -0.25) is 0 Å². The van der Waals surface area contributed by atoms with Gasteiger partial charge in [-0.05, 0) is 24.0 Å². The van der Waals surface area contributed by atoms with Crippen molar-refractivity contribution in [2.75, 3.05) is 5.73 Å². The van der Waals surface area contributed by atoms with Crippen LogP contribution in [-0.2, 0) is 9.59 Å². The Morgan fingerprint density at radius 1 is 1.00 bits per heavy atom. The Kier molecular flexibility index (Phi) is 5.82. The van der Waals surface area contributed by atoms with Gasteiger partial charge >= 0.3 is 0 Å². The monoisotopic (exact) mass is 205 g/mol. The van der Waals surface area contributed by atoms with E-state index in [0.717, 1.165) is 5.69 Å². The van der Waals surface area contributed by atoms with Crippen LogP contribution in [0, 0.1) is 11.8 Å². The average Bonchev–Trinajstić information content (AvgIpc) is 2.17. The van der Waals surface area contributed by atoms with E-state index in [-0.39, 0.29) is 0 Å². The Morgan fingerprint density at radius 3 is 1.60 bits per heavy atom. The molecule has 0 spiro atoms. The van der Waals surface area contributed by atoms with Gasteiger partial charge in [0.05, 0.1) is 0 Å². The van der Waals surface area contributed by atoms with E-state index >= 15 is 0 Å². The molecular formula is C10H7NO4-2. The molecule has 0 bridgehead atoms. The fourth-order valence-electron chi connectivity index (χ4n) is 0.555. The summed E-state index contributed by atoms with van der Waals surface area (Å²) in [7, 11) is 0. The molecule has 0 aliphatic rings. The van der Waals surface area contributed by atoms with Gasteiger partial charge < -0.3 is 25.5 Å². The van der Waals surface area contributed by atoms with Gasteiger partial charge in [-0.15, -0.1) is 0 Å². The van der Waals surface area contributed by atoms with Crippen LogP contribution in [0.15, 0.2) is 30.3 Å². The van der Waals surface area contributed by atoms with Crippen molar-refractivity contribution >= 4 is 17.6 Å². The fourth-order valence-corrected chi connectivity index (χ4v) is 0.555. The van der Waals surface area contributed by atoms with E-state index in [0.29, 0.717) is 0 Å². The molecule has 0 saturated carbocycles. The molecule has 0 aliphatic heterocycles. The molecule has 1 aromatic rings. The molecule has 2 N–H and O–H groups in total. The molecule has 15 heavy (non-hydrogen) atoms. The molecule has 1 rings (SSSR count). The highest BCUT2D eigenvalue weighted by Crippen LogP contribution is 1.95. The van der Waals surface area contributed by atoms with Gasteiger partial charge in [-0.1, -0.05) is 18.2 Å². The molecule has 0 radical (unpaired) electrons. The van der Waals surface area contributed by atoms with Crippen LogP contribution < -0.4 is 15.9 Å². The number of benzene rings is 1. The lowest BCUT2D eigenvalue weighted by Crippen LogP contribution is -2.23. The minimum Gasteiger partial charge on any atom is -0.537 e. The van der Waals surface area contributed by atoms with Crippen molar-refractivity contribution in [3.05, 3.63) is 30.3 Å². The summed E-state index contributed by atoms with van der Waals surface area (Å²) in [5, 5.41) is 18.7. The highest BCUT2D eigenvalue weighted by molar-refractivity contribution is 5.94. The lowest BCUT2D eigenvalue weighted by molar-refractivity contribution is -0.299. The summed E-state index contributed by atoms with van der Waals surface area (Å²) >= 11 is 0. The lowest BCUT2D eigenvalue weighted by atomic mass is 10.3.